The van der Waals surface area contributed by atoms with Gasteiger partial charge in [0.2, 0.25) is 0 Å². The normalized spacial score (nSPS) is 13.9. The van der Waals surface area contributed by atoms with Gasteiger partial charge in [-0.25, -0.2) is 0 Å². The fraction of sp³-hybridized carbons (Fsp3) is 0.0476. The molecule has 3 heterocycles. The first-order valence-electron chi connectivity index (χ1n) is 22.9. The van der Waals surface area contributed by atoms with Gasteiger partial charge < -0.3 is 13.3 Å². The molecule has 1 aliphatic rings. The van der Waals surface area contributed by atoms with Crippen LogP contribution in [0.2, 0.25) is 0 Å². The van der Waals surface area contributed by atoms with E-state index in [1.165, 1.54) is 76.5 Å². The molecule has 11 aromatic carbocycles. The van der Waals surface area contributed by atoms with E-state index in [1.807, 2.05) is 0 Å². The SMILES string of the molecule is CC1Cc2oc3ccc(-c4c5cccc(-c6ccc7oc8ccc9ccccc9c8c7c6)c5cc5c(-c6ccc7oc8ccc9ccccc9c8c7c6)cccc45)cc3c2-c2ccccc21. The summed E-state index contributed by atoms with van der Waals surface area (Å²) in [4.78, 5) is 0. The van der Waals surface area contributed by atoms with Crippen molar-refractivity contribution >= 4 is 97.9 Å². The Balaban J connectivity index is 1.02. The highest BCUT2D eigenvalue weighted by Crippen LogP contribution is 2.49. The smallest absolute Gasteiger partial charge is 0.136 e. The van der Waals surface area contributed by atoms with Crippen LogP contribution in [0, 0.1) is 0 Å². The third-order valence-electron chi connectivity index (χ3n) is 14.7. The molecule has 0 N–H and O–H groups in total. The van der Waals surface area contributed by atoms with E-state index in [1.54, 1.807) is 0 Å². The maximum Gasteiger partial charge on any atom is 0.136 e. The molecule has 0 saturated heterocycles. The Morgan fingerprint density at radius 2 is 0.818 bits per heavy atom. The van der Waals surface area contributed by atoms with Crippen LogP contribution in [0.15, 0.2) is 207 Å². The minimum Gasteiger partial charge on any atom is -0.460 e. The standard InChI is InChI=1S/C63H38O3/c1-35-30-59-63(46-15-7-6-12-41(35)46)53-33-40(24-27-56(53)66-59)60-47-18-8-16-42(38-22-25-54-51(31-38)61-44-13-4-2-10-36(44)20-28-57(61)64-54)49(47)34-50-43(17-9-19-48(50)60)39-23-26-55-52(32-39)62-45-14-5-3-11-37(45)21-29-58(62)65-55/h2-29,31-35H,30H2,1H3. The molecule has 15 rings (SSSR count). The van der Waals surface area contributed by atoms with E-state index < -0.39 is 0 Å². The molecular formula is C63H38O3. The minimum atomic E-state index is 0.392. The van der Waals surface area contributed by atoms with Crippen LogP contribution in [0.4, 0.5) is 0 Å². The van der Waals surface area contributed by atoms with Crippen LogP contribution in [-0.2, 0) is 6.42 Å². The molecule has 1 aliphatic carbocycles. The van der Waals surface area contributed by atoms with Crippen LogP contribution in [0.5, 0.6) is 0 Å². The molecule has 3 aromatic heterocycles. The summed E-state index contributed by atoms with van der Waals surface area (Å²) < 4.78 is 19.7. The highest BCUT2D eigenvalue weighted by molar-refractivity contribution is 6.23. The van der Waals surface area contributed by atoms with E-state index >= 15 is 0 Å². The summed E-state index contributed by atoms with van der Waals surface area (Å²) in [6.45, 7) is 2.31. The predicted octanol–water partition coefficient (Wildman–Crippen LogP) is 18.2. The van der Waals surface area contributed by atoms with Crippen molar-refractivity contribution in [1.29, 1.82) is 0 Å². The largest absolute Gasteiger partial charge is 0.460 e. The zero-order valence-electron chi connectivity index (χ0n) is 36.0. The average molecular weight is 843 g/mol. The highest BCUT2D eigenvalue weighted by atomic mass is 16.3. The van der Waals surface area contributed by atoms with Crippen LogP contribution in [-0.4, -0.2) is 0 Å². The molecule has 308 valence electrons. The number of rotatable bonds is 3. The van der Waals surface area contributed by atoms with E-state index in [0.29, 0.717) is 5.92 Å². The number of furan rings is 3. The lowest BCUT2D eigenvalue weighted by Crippen LogP contribution is -2.06. The first-order valence-corrected chi connectivity index (χ1v) is 22.9. The van der Waals surface area contributed by atoms with Crippen molar-refractivity contribution in [1.82, 2.24) is 0 Å². The van der Waals surface area contributed by atoms with Crippen LogP contribution in [0.3, 0.4) is 0 Å². The quantitative estimate of drug-likeness (QED) is 0.166. The fourth-order valence-electron chi connectivity index (χ4n) is 11.7. The van der Waals surface area contributed by atoms with Gasteiger partial charge in [-0.15, -0.1) is 0 Å². The van der Waals surface area contributed by atoms with Gasteiger partial charge in [-0.2, -0.15) is 0 Å². The van der Waals surface area contributed by atoms with Gasteiger partial charge in [0.25, 0.3) is 0 Å². The topological polar surface area (TPSA) is 39.4 Å². The van der Waals surface area contributed by atoms with E-state index in [9.17, 15) is 0 Å². The van der Waals surface area contributed by atoms with Crippen LogP contribution in [0.1, 0.15) is 24.2 Å². The Morgan fingerprint density at radius 1 is 0.333 bits per heavy atom. The van der Waals surface area contributed by atoms with Crippen LogP contribution < -0.4 is 0 Å². The second-order valence-corrected chi connectivity index (χ2v) is 18.3. The van der Waals surface area contributed by atoms with Gasteiger partial charge in [-0.3, -0.25) is 0 Å². The van der Waals surface area contributed by atoms with E-state index in [2.05, 4.69) is 201 Å². The molecule has 14 aromatic rings. The van der Waals surface area contributed by atoms with E-state index in [-0.39, 0.29) is 0 Å². The molecular weight excluding hydrogens is 805 g/mol. The van der Waals surface area contributed by atoms with Crippen molar-refractivity contribution in [3.63, 3.8) is 0 Å². The molecule has 1 atom stereocenters. The number of fused-ring (bicyclic) bond motifs is 17. The minimum absolute atomic E-state index is 0.392. The number of benzene rings is 11. The highest BCUT2D eigenvalue weighted by Gasteiger charge is 2.28. The van der Waals surface area contributed by atoms with Gasteiger partial charge in [0.15, 0.2) is 0 Å². The summed E-state index contributed by atoms with van der Waals surface area (Å²) in [7, 11) is 0. The summed E-state index contributed by atoms with van der Waals surface area (Å²) in [5.41, 5.74) is 15.4. The lowest BCUT2D eigenvalue weighted by atomic mass is 9.81. The molecule has 1 unspecified atom stereocenters. The lowest BCUT2D eigenvalue weighted by molar-refractivity contribution is 0.523. The molecule has 0 saturated carbocycles. The summed E-state index contributed by atoms with van der Waals surface area (Å²) in [5.74, 6) is 1.47. The van der Waals surface area contributed by atoms with Gasteiger partial charge in [-0.05, 0) is 148 Å². The second-order valence-electron chi connectivity index (χ2n) is 18.3. The monoisotopic (exact) mass is 842 g/mol. The average Bonchev–Trinajstić information content (AvgIpc) is 4.06. The van der Waals surface area contributed by atoms with Crippen LogP contribution in [0.25, 0.3) is 142 Å². The van der Waals surface area contributed by atoms with Crippen molar-refractivity contribution in [3.05, 3.63) is 205 Å². The van der Waals surface area contributed by atoms with E-state index in [0.717, 1.165) is 83.7 Å². The molecule has 0 amide bonds. The Labute approximate surface area is 378 Å². The van der Waals surface area contributed by atoms with E-state index in [4.69, 9.17) is 13.3 Å². The van der Waals surface area contributed by atoms with Crippen molar-refractivity contribution in [2.45, 2.75) is 19.3 Å². The molecule has 0 spiro atoms. The number of hydrogen-bond donors (Lipinski definition) is 0. The third kappa shape index (κ3) is 5.03. The first-order chi connectivity index (χ1) is 32.6. The van der Waals surface area contributed by atoms with Gasteiger partial charge in [0, 0.05) is 38.9 Å². The third-order valence-corrected chi connectivity index (χ3v) is 14.7. The Hall–Kier alpha value is -8.40. The Kier molecular flexibility index (Phi) is 7.27. The lowest BCUT2D eigenvalue weighted by Gasteiger charge is -2.21. The Bertz CT molecular complexity index is 4190. The van der Waals surface area contributed by atoms with Gasteiger partial charge in [0.05, 0.1) is 0 Å². The predicted molar refractivity (Wildman–Crippen MR) is 275 cm³/mol. The van der Waals surface area contributed by atoms with Gasteiger partial charge >= 0.3 is 0 Å². The number of hydrogen-bond acceptors (Lipinski definition) is 3. The maximum absolute atomic E-state index is 6.69. The molecule has 0 aliphatic heterocycles. The van der Waals surface area contributed by atoms with Crippen molar-refractivity contribution in [3.8, 4) is 44.5 Å². The van der Waals surface area contributed by atoms with Crippen LogP contribution >= 0.6 is 0 Å². The summed E-state index contributed by atoms with van der Waals surface area (Å²) >= 11 is 0. The fourth-order valence-corrected chi connectivity index (χ4v) is 11.7. The van der Waals surface area contributed by atoms with Crippen molar-refractivity contribution in [2.75, 3.05) is 0 Å². The maximum atomic E-state index is 6.69. The van der Waals surface area contributed by atoms with Gasteiger partial charge in [0.1, 0.15) is 33.7 Å². The summed E-state index contributed by atoms with van der Waals surface area (Å²) in [6.07, 6.45) is 0.887. The van der Waals surface area contributed by atoms with Crippen molar-refractivity contribution in [2.24, 2.45) is 0 Å². The molecule has 0 bridgehead atoms. The zero-order valence-corrected chi connectivity index (χ0v) is 36.0. The zero-order chi connectivity index (χ0) is 43.2. The van der Waals surface area contributed by atoms with Crippen molar-refractivity contribution < 1.29 is 13.3 Å². The molecule has 3 heteroatoms. The second kappa shape index (κ2) is 13.3. The molecule has 0 radical (unpaired) electrons. The first kappa shape index (κ1) is 36.0. The molecule has 0 fully saturated rings. The molecule has 3 nitrogen and oxygen atoms in total. The summed E-state index contributed by atoms with van der Waals surface area (Å²) in [6, 6.07) is 70.9. The Morgan fingerprint density at radius 3 is 1.44 bits per heavy atom. The molecule has 66 heavy (non-hydrogen) atoms. The summed E-state index contributed by atoms with van der Waals surface area (Å²) in [5, 5.41) is 15.3. The van der Waals surface area contributed by atoms with Gasteiger partial charge in [-0.1, -0.05) is 146 Å².